The highest BCUT2D eigenvalue weighted by Crippen LogP contribution is 2.31. The van der Waals surface area contributed by atoms with Crippen LogP contribution < -0.4 is 5.32 Å². The third-order valence-corrected chi connectivity index (χ3v) is 5.24. The van der Waals surface area contributed by atoms with Crippen LogP contribution >= 0.6 is 0 Å². The molecule has 0 saturated heterocycles. The summed E-state index contributed by atoms with van der Waals surface area (Å²) in [4.78, 5) is 17.4. The molecule has 1 aliphatic heterocycles. The molecular formula is C21H17N7O. The Labute approximate surface area is 165 Å². The van der Waals surface area contributed by atoms with E-state index in [1.165, 1.54) is 5.57 Å². The second-order valence-electron chi connectivity index (χ2n) is 7.00. The van der Waals surface area contributed by atoms with Crippen LogP contribution in [0.3, 0.4) is 0 Å². The van der Waals surface area contributed by atoms with Crippen molar-refractivity contribution in [2.45, 2.75) is 6.42 Å². The first kappa shape index (κ1) is 16.2. The van der Waals surface area contributed by atoms with Gasteiger partial charge in [0.2, 0.25) is 0 Å². The second kappa shape index (κ2) is 6.39. The first-order chi connectivity index (χ1) is 14.4. The fraction of sp³-hybridized carbons (Fsp3) is 0.143. The topological polar surface area (TPSA) is 108 Å². The van der Waals surface area contributed by atoms with Crippen molar-refractivity contribution in [3.05, 3.63) is 54.8 Å². The molecule has 0 unspecified atom stereocenters. The van der Waals surface area contributed by atoms with Gasteiger partial charge in [-0.2, -0.15) is 5.10 Å². The zero-order chi connectivity index (χ0) is 19.2. The van der Waals surface area contributed by atoms with Gasteiger partial charge in [-0.05, 0) is 42.8 Å². The van der Waals surface area contributed by atoms with Crippen molar-refractivity contribution in [3.8, 4) is 22.6 Å². The predicted molar refractivity (Wildman–Crippen MR) is 110 cm³/mol. The molecule has 5 aromatic heterocycles. The highest BCUT2D eigenvalue weighted by atomic mass is 16.3. The Kier molecular flexibility index (Phi) is 3.57. The highest BCUT2D eigenvalue weighted by Gasteiger charge is 2.18. The molecule has 3 N–H and O–H groups in total. The molecule has 0 saturated carbocycles. The number of furan rings is 1. The number of rotatable bonds is 3. The average molecular weight is 383 g/mol. The number of aromatic amines is 2. The molecule has 0 amide bonds. The molecule has 6 rings (SSSR count). The smallest absolute Gasteiger partial charge is 0.162 e. The molecule has 0 bridgehead atoms. The first-order valence-corrected chi connectivity index (χ1v) is 9.50. The van der Waals surface area contributed by atoms with Crippen LogP contribution in [0.15, 0.2) is 53.5 Å². The molecule has 0 atom stereocenters. The van der Waals surface area contributed by atoms with Crippen LogP contribution in [0.1, 0.15) is 12.1 Å². The summed E-state index contributed by atoms with van der Waals surface area (Å²) in [7, 11) is 0. The van der Waals surface area contributed by atoms with Gasteiger partial charge in [-0.1, -0.05) is 6.08 Å². The fourth-order valence-electron chi connectivity index (χ4n) is 3.77. The zero-order valence-electron chi connectivity index (χ0n) is 15.4. The Bertz CT molecular complexity index is 1360. The minimum absolute atomic E-state index is 0.638. The SMILES string of the molecule is C1=C(c2ccc3[nH]nc(-c4nc5c(-c6ccoc6)ccnc5[nH]4)c3n2)CCNC1. The lowest BCUT2D eigenvalue weighted by Gasteiger charge is -2.13. The summed E-state index contributed by atoms with van der Waals surface area (Å²) >= 11 is 0. The Morgan fingerprint density at radius 1 is 1.03 bits per heavy atom. The average Bonchev–Trinajstić information content (AvgIpc) is 3.52. The minimum Gasteiger partial charge on any atom is -0.472 e. The lowest BCUT2D eigenvalue weighted by atomic mass is 10.1. The molecule has 0 fully saturated rings. The van der Waals surface area contributed by atoms with Gasteiger partial charge in [-0.15, -0.1) is 0 Å². The molecular weight excluding hydrogens is 366 g/mol. The van der Waals surface area contributed by atoms with Gasteiger partial charge in [-0.25, -0.2) is 15.0 Å². The van der Waals surface area contributed by atoms with Crippen LogP contribution in [0, 0.1) is 0 Å². The van der Waals surface area contributed by atoms with Crippen molar-refractivity contribution >= 4 is 27.8 Å². The maximum atomic E-state index is 5.23. The standard InChI is InChI=1S/C21H17N7O/c1-2-16-18(24-15(1)12-3-7-22-8-4-12)19(28-27-16)21-25-17-14(13-6-10-29-11-13)5-9-23-20(17)26-21/h1-3,5-6,9-11,22H,4,7-8H2,(H,27,28)(H,23,25,26). The number of nitrogens with one attached hydrogen (secondary N) is 3. The van der Waals surface area contributed by atoms with Gasteiger partial charge in [0, 0.05) is 23.9 Å². The quantitative estimate of drug-likeness (QED) is 0.440. The van der Waals surface area contributed by atoms with Crippen LogP contribution in [0.25, 0.3) is 50.4 Å². The van der Waals surface area contributed by atoms with Crippen molar-refractivity contribution in [2.75, 3.05) is 13.1 Å². The monoisotopic (exact) mass is 383 g/mol. The van der Waals surface area contributed by atoms with Crippen molar-refractivity contribution in [2.24, 2.45) is 0 Å². The number of nitrogens with zero attached hydrogens (tertiary/aromatic N) is 4. The number of imidazole rings is 1. The summed E-state index contributed by atoms with van der Waals surface area (Å²) in [6.45, 7) is 1.84. The van der Waals surface area contributed by atoms with Crippen LogP contribution in [-0.4, -0.2) is 43.2 Å². The number of hydrogen-bond acceptors (Lipinski definition) is 6. The van der Waals surface area contributed by atoms with Crippen LogP contribution in [0.4, 0.5) is 0 Å². The minimum atomic E-state index is 0.638. The van der Waals surface area contributed by atoms with E-state index in [9.17, 15) is 0 Å². The molecule has 29 heavy (non-hydrogen) atoms. The van der Waals surface area contributed by atoms with E-state index in [1.807, 2.05) is 24.3 Å². The molecule has 142 valence electrons. The van der Waals surface area contributed by atoms with E-state index < -0.39 is 0 Å². The molecule has 0 aliphatic carbocycles. The lowest BCUT2D eigenvalue weighted by Crippen LogP contribution is -2.20. The Morgan fingerprint density at radius 2 is 2.03 bits per heavy atom. The second-order valence-corrected chi connectivity index (χ2v) is 7.00. The van der Waals surface area contributed by atoms with E-state index in [1.54, 1.807) is 18.7 Å². The van der Waals surface area contributed by atoms with Crippen LogP contribution in [0.5, 0.6) is 0 Å². The molecule has 0 aromatic carbocycles. The number of aromatic nitrogens is 6. The van der Waals surface area contributed by atoms with E-state index in [2.05, 4.69) is 31.6 Å². The van der Waals surface area contributed by atoms with E-state index in [-0.39, 0.29) is 0 Å². The summed E-state index contributed by atoms with van der Waals surface area (Å²) in [6, 6.07) is 7.90. The third kappa shape index (κ3) is 2.65. The molecule has 1 aliphatic rings. The first-order valence-electron chi connectivity index (χ1n) is 9.50. The molecule has 8 heteroatoms. The number of fused-ring (bicyclic) bond motifs is 2. The third-order valence-electron chi connectivity index (χ3n) is 5.24. The van der Waals surface area contributed by atoms with Gasteiger partial charge in [-0.3, -0.25) is 5.10 Å². The van der Waals surface area contributed by atoms with Crippen molar-refractivity contribution in [3.63, 3.8) is 0 Å². The molecule has 5 aromatic rings. The summed E-state index contributed by atoms with van der Waals surface area (Å²) in [6.07, 6.45) is 8.27. The summed E-state index contributed by atoms with van der Waals surface area (Å²) in [5.41, 5.74) is 7.99. The Hall–Kier alpha value is -3.78. The van der Waals surface area contributed by atoms with Gasteiger partial charge in [0.25, 0.3) is 0 Å². The number of pyridine rings is 2. The molecule has 6 heterocycles. The molecule has 0 spiro atoms. The number of H-pyrrole nitrogens is 2. The van der Waals surface area contributed by atoms with Crippen molar-refractivity contribution < 1.29 is 4.42 Å². The zero-order valence-corrected chi connectivity index (χ0v) is 15.4. The predicted octanol–water partition coefficient (Wildman–Crippen LogP) is 3.53. The maximum Gasteiger partial charge on any atom is 0.162 e. The van der Waals surface area contributed by atoms with E-state index in [0.717, 1.165) is 52.9 Å². The highest BCUT2D eigenvalue weighted by molar-refractivity contribution is 5.94. The van der Waals surface area contributed by atoms with Crippen LogP contribution in [-0.2, 0) is 0 Å². The summed E-state index contributed by atoms with van der Waals surface area (Å²) in [5.74, 6) is 0.638. The summed E-state index contributed by atoms with van der Waals surface area (Å²) in [5, 5.41) is 10.9. The molecule has 0 radical (unpaired) electrons. The van der Waals surface area contributed by atoms with Gasteiger partial charge in [0.1, 0.15) is 11.0 Å². The van der Waals surface area contributed by atoms with Gasteiger partial charge in [0.05, 0.1) is 23.7 Å². The lowest BCUT2D eigenvalue weighted by molar-refractivity contribution is 0.568. The van der Waals surface area contributed by atoms with E-state index in [4.69, 9.17) is 14.4 Å². The van der Waals surface area contributed by atoms with Crippen LogP contribution in [0.2, 0.25) is 0 Å². The summed E-state index contributed by atoms with van der Waals surface area (Å²) < 4.78 is 5.23. The fourth-order valence-corrected chi connectivity index (χ4v) is 3.77. The maximum absolute atomic E-state index is 5.23. The number of hydrogen-bond donors (Lipinski definition) is 3. The van der Waals surface area contributed by atoms with Crippen molar-refractivity contribution in [1.29, 1.82) is 0 Å². The Balaban J connectivity index is 1.50. The normalized spacial score (nSPS) is 14.6. The largest absolute Gasteiger partial charge is 0.472 e. The van der Waals surface area contributed by atoms with Gasteiger partial charge in [0.15, 0.2) is 17.2 Å². The van der Waals surface area contributed by atoms with Gasteiger partial charge < -0.3 is 14.7 Å². The van der Waals surface area contributed by atoms with Gasteiger partial charge >= 0.3 is 0 Å². The Morgan fingerprint density at radius 3 is 2.90 bits per heavy atom. The van der Waals surface area contributed by atoms with Crippen molar-refractivity contribution in [1.82, 2.24) is 35.5 Å². The van der Waals surface area contributed by atoms with E-state index >= 15 is 0 Å². The molecule has 8 nitrogen and oxygen atoms in total. The van der Waals surface area contributed by atoms with E-state index in [0.29, 0.717) is 17.2 Å².